The molecule has 0 unspecified atom stereocenters. The highest BCUT2D eigenvalue weighted by Crippen LogP contribution is 2.24. The average Bonchev–Trinajstić information content (AvgIpc) is 2.54. The molecule has 0 radical (unpaired) electrons. The van der Waals surface area contributed by atoms with Crippen molar-refractivity contribution in [1.29, 1.82) is 0 Å². The highest BCUT2D eigenvalue weighted by Gasteiger charge is 2.23. The zero-order chi connectivity index (χ0) is 17.7. The standard InChI is InChI=1S/C19H22N2O3/c1-12(2)11-17(19(23)24)21-18(22)15-8-6-7-14(13(15)3)16-9-4-5-10-20-16/h4-10,12,17H,11H2,1-3H3,(H,21,22)(H,23,24)/t17-/m1/s1. The summed E-state index contributed by atoms with van der Waals surface area (Å²) in [7, 11) is 0. The summed E-state index contributed by atoms with van der Waals surface area (Å²) in [6.45, 7) is 5.70. The molecule has 0 saturated carbocycles. The highest BCUT2D eigenvalue weighted by atomic mass is 16.4. The minimum Gasteiger partial charge on any atom is -0.480 e. The number of amides is 1. The van der Waals surface area contributed by atoms with Crippen LogP contribution in [-0.2, 0) is 4.79 Å². The number of nitrogens with one attached hydrogen (secondary N) is 1. The van der Waals surface area contributed by atoms with Gasteiger partial charge in [-0.1, -0.05) is 32.0 Å². The van der Waals surface area contributed by atoms with E-state index in [1.165, 1.54) is 0 Å². The molecule has 1 heterocycles. The van der Waals surface area contributed by atoms with E-state index in [1.54, 1.807) is 18.3 Å². The number of rotatable bonds is 6. The van der Waals surface area contributed by atoms with Gasteiger partial charge in [0.1, 0.15) is 6.04 Å². The summed E-state index contributed by atoms with van der Waals surface area (Å²) >= 11 is 0. The predicted octanol–water partition coefficient (Wildman–Crippen LogP) is 3.29. The first-order valence-corrected chi connectivity index (χ1v) is 7.94. The first kappa shape index (κ1) is 17.7. The molecular formula is C19H22N2O3. The van der Waals surface area contributed by atoms with E-state index >= 15 is 0 Å². The quantitative estimate of drug-likeness (QED) is 0.854. The molecule has 1 atom stereocenters. The zero-order valence-electron chi connectivity index (χ0n) is 14.1. The lowest BCUT2D eigenvalue weighted by Gasteiger charge is -2.18. The molecule has 5 nitrogen and oxygen atoms in total. The third-order valence-corrected chi connectivity index (χ3v) is 3.83. The average molecular weight is 326 g/mol. The summed E-state index contributed by atoms with van der Waals surface area (Å²) in [6, 6.07) is 10.1. The number of nitrogens with zero attached hydrogens (tertiary/aromatic N) is 1. The molecule has 0 spiro atoms. The Morgan fingerprint density at radius 3 is 2.50 bits per heavy atom. The number of hydrogen-bond donors (Lipinski definition) is 2. The van der Waals surface area contributed by atoms with Gasteiger partial charge in [-0.3, -0.25) is 9.78 Å². The molecule has 0 aliphatic carbocycles. The molecular weight excluding hydrogens is 304 g/mol. The molecule has 5 heteroatoms. The van der Waals surface area contributed by atoms with Gasteiger partial charge in [0, 0.05) is 17.3 Å². The molecule has 2 N–H and O–H groups in total. The largest absolute Gasteiger partial charge is 0.480 e. The first-order chi connectivity index (χ1) is 11.4. The molecule has 0 fully saturated rings. The van der Waals surface area contributed by atoms with E-state index in [0.717, 1.165) is 16.8 Å². The molecule has 1 aromatic heterocycles. The molecule has 1 amide bonds. The van der Waals surface area contributed by atoms with E-state index in [-0.39, 0.29) is 11.8 Å². The van der Waals surface area contributed by atoms with Gasteiger partial charge in [0.05, 0.1) is 5.69 Å². The van der Waals surface area contributed by atoms with Crippen molar-refractivity contribution < 1.29 is 14.7 Å². The van der Waals surface area contributed by atoms with E-state index in [4.69, 9.17) is 0 Å². The van der Waals surface area contributed by atoms with E-state index in [2.05, 4.69) is 10.3 Å². The van der Waals surface area contributed by atoms with E-state index < -0.39 is 12.0 Å². The van der Waals surface area contributed by atoms with Crippen molar-refractivity contribution in [2.75, 3.05) is 0 Å². The van der Waals surface area contributed by atoms with Crippen LogP contribution in [-0.4, -0.2) is 28.0 Å². The second-order valence-corrected chi connectivity index (χ2v) is 6.19. The van der Waals surface area contributed by atoms with Gasteiger partial charge in [-0.05, 0) is 43.0 Å². The summed E-state index contributed by atoms with van der Waals surface area (Å²) in [6.07, 6.45) is 2.09. The minimum atomic E-state index is -1.02. The van der Waals surface area contributed by atoms with Crippen molar-refractivity contribution >= 4 is 11.9 Å². The third-order valence-electron chi connectivity index (χ3n) is 3.83. The highest BCUT2D eigenvalue weighted by molar-refractivity contribution is 5.99. The van der Waals surface area contributed by atoms with Crippen molar-refractivity contribution in [1.82, 2.24) is 10.3 Å². The van der Waals surface area contributed by atoms with E-state index in [1.807, 2.05) is 45.0 Å². The van der Waals surface area contributed by atoms with Crippen LogP contribution in [0, 0.1) is 12.8 Å². The summed E-state index contributed by atoms with van der Waals surface area (Å²) in [5, 5.41) is 11.9. The van der Waals surface area contributed by atoms with Crippen molar-refractivity contribution in [3.63, 3.8) is 0 Å². The second kappa shape index (κ2) is 7.73. The topological polar surface area (TPSA) is 79.3 Å². The Labute approximate surface area is 141 Å². The number of benzene rings is 1. The number of carbonyl (C=O) groups is 2. The molecule has 1 aromatic carbocycles. The van der Waals surface area contributed by atoms with Crippen LogP contribution in [0.4, 0.5) is 0 Å². The van der Waals surface area contributed by atoms with Crippen LogP contribution in [0.5, 0.6) is 0 Å². The summed E-state index contributed by atoms with van der Waals surface area (Å²) in [5.41, 5.74) is 2.89. The Balaban J connectivity index is 2.29. The summed E-state index contributed by atoms with van der Waals surface area (Å²) < 4.78 is 0. The van der Waals surface area contributed by atoms with E-state index in [9.17, 15) is 14.7 Å². The SMILES string of the molecule is Cc1c(C(=O)N[C@H](CC(C)C)C(=O)O)cccc1-c1ccccn1. The molecule has 126 valence electrons. The Bertz CT molecular complexity index is 727. The van der Waals surface area contributed by atoms with Gasteiger partial charge in [-0.15, -0.1) is 0 Å². The van der Waals surface area contributed by atoms with Crippen LogP contribution in [0.2, 0.25) is 0 Å². The van der Waals surface area contributed by atoms with Crippen molar-refractivity contribution in [3.05, 3.63) is 53.7 Å². The fourth-order valence-electron chi connectivity index (χ4n) is 2.61. The maximum absolute atomic E-state index is 12.6. The van der Waals surface area contributed by atoms with Crippen LogP contribution >= 0.6 is 0 Å². The normalized spacial score (nSPS) is 12.0. The number of carbonyl (C=O) groups excluding carboxylic acids is 1. The van der Waals surface area contributed by atoms with Gasteiger partial charge in [-0.25, -0.2) is 4.79 Å². The second-order valence-electron chi connectivity index (χ2n) is 6.19. The molecule has 0 saturated heterocycles. The van der Waals surface area contributed by atoms with Crippen LogP contribution in [0.1, 0.15) is 36.2 Å². The smallest absolute Gasteiger partial charge is 0.326 e. The molecule has 2 rings (SSSR count). The first-order valence-electron chi connectivity index (χ1n) is 7.94. The van der Waals surface area contributed by atoms with Gasteiger partial charge in [0.15, 0.2) is 0 Å². The lowest BCUT2D eigenvalue weighted by molar-refractivity contribution is -0.139. The van der Waals surface area contributed by atoms with Crippen LogP contribution in [0.25, 0.3) is 11.3 Å². The minimum absolute atomic E-state index is 0.173. The van der Waals surface area contributed by atoms with Gasteiger partial charge in [0.25, 0.3) is 5.91 Å². The Hall–Kier alpha value is -2.69. The molecule has 0 bridgehead atoms. The molecule has 24 heavy (non-hydrogen) atoms. The monoisotopic (exact) mass is 326 g/mol. The predicted molar refractivity (Wildman–Crippen MR) is 92.8 cm³/mol. The van der Waals surface area contributed by atoms with Crippen molar-refractivity contribution in [3.8, 4) is 11.3 Å². The van der Waals surface area contributed by atoms with Crippen LogP contribution < -0.4 is 5.32 Å². The van der Waals surface area contributed by atoms with Gasteiger partial charge in [-0.2, -0.15) is 0 Å². The van der Waals surface area contributed by atoms with Crippen molar-refractivity contribution in [2.45, 2.75) is 33.2 Å². The molecule has 2 aromatic rings. The zero-order valence-corrected chi connectivity index (χ0v) is 14.1. The number of carboxylic acid groups (broad SMARTS) is 1. The number of aromatic nitrogens is 1. The Morgan fingerprint density at radius 2 is 1.92 bits per heavy atom. The lowest BCUT2D eigenvalue weighted by Crippen LogP contribution is -2.41. The molecule has 0 aliphatic heterocycles. The number of pyridine rings is 1. The van der Waals surface area contributed by atoms with Gasteiger partial charge >= 0.3 is 5.97 Å². The van der Waals surface area contributed by atoms with E-state index in [0.29, 0.717) is 12.0 Å². The summed E-state index contributed by atoms with van der Waals surface area (Å²) in [4.78, 5) is 28.2. The summed E-state index contributed by atoms with van der Waals surface area (Å²) in [5.74, 6) is -1.22. The van der Waals surface area contributed by atoms with Gasteiger partial charge < -0.3 is 10.4 Å². The Kier molecular flexibility index (Phi) is 5.68. The maximum atomic E-state index is 12.6. The lowest BCUT2D eigenvalue weighted by atomic mass is 9.98. The third kappa shape index (κ3) is 4.19. The van der Waals surface area contributed by atoms with Crippen LogP contribution in [0.3, 0.4) is 0 Å². The number of aliphatic carboxylic acids is 1. The number of carboxylic acids is 1. The maximum Gasteiger partial charge on any atom is 0.326 e. The Morgan fingerprint density at radius 1 is 1.17 bits per heavy atom. The fraction of sp³-hybridized carbons (Fsp3) is 0.316. The molecule has 0 aliphatic rings. The van der Waals surface area contributed by atoms with Crippen molar-refractivity contribution in [2.24, 2.45) is 5.92 Å². The number of hydrogen-bond acceptors (Lipinski definition) is 3. The fourth-order valence-corrected chi connectivity index (χ4v) is 2.61. The van der Waals surface area contributed by atoms with Crippen LogP contribution in [0.15, 0.2) is 42.6 Å². The van der Waals surface area contributed by atoms with Gasteiger partial charge in [0.2, 0.25) is 0 Å².